The van der Waals surface area contributed by atoms with Crippen molar-refractivity contribution in [1.82, 2.24) is 73.9 Å². The van der Waals surface area contributed by atoms with Crippen LogP contribution < -0.4 is 29.3 Å². The number of aromatic carboxylic acids is 1. The summed E-state index contributed by atoms with van der Waals surface area (Å²) in [5.74, 6) is 0.735. The highest BCUT2D eigenvalue weighted by Gasteiger charge is 2.34. The van der Waals surface area contributed by atoms with Crippen LogP contribution in [0.15, 0.2) is 139 Å². The fourth-order valence-corrected chi connectivity index (χ4v) is 14.6. The summed E-state index contributed by atoms with van der Waals surface area (Å²) in [5, 5.41) is 35.4. The van der Waals surface area contributed by atoms with Gasteiger partial charge in [0, 0.05) is 158 Å². The van der Waals surface area contributed by atoms with Crippen LogP contribution in [-0.2, 0) is 91.5 Å². The number of amides is 4. The SMILES string of the molecule is CC(C)(C)OC(=O)N1CCCc2ccc(CCn3cc(C(=O)O)cn3)nc21.CC(C)=C(Cl)N(C)C.CCCC(CC(=O)OC)c1ccc(OC)nc1.CCN(C(=O)c1cnn(CCc2ccc3c(n2)NCCC3)c1)C(CC(=O)O)c1ccc(OC)nc1.CCOC(=O)CC(c1ccc(OC)nc1)N(CC)C(=O)c1cnn(CCc2ccc3c(n2)N(C(=O)OC(C)(C)C)CCC3)c1. The van der Waals surface area contributed by atoms with Crippen molar-refractivity contribution in [2.45, 2.75) is 222 Å². The lowest BCUT2D eigenvalue weighted by Gasteiger charge is -2.31. The molecular formula is C95H127ClN18O17. The van der Waals surface area contributed by atoms with E-state index in [9.17, 15) is 43.5 Å². The number of carbonyl (C=O) groups excluding carboxylic acids is 6. The van der Waals surface area contributed by atoms with E-state index in [-0.39, 0.29) is 54.8 Å². The number of methoxy groups -OCH3 is 4. The predicted octanol–water partition coefficient (Wildman–Crippen LogP) is 15.2. The van der Waals surface area contributed by atoms with Crippen LogP contribution in [-0.4, -0.2) is 225 Å². The second-order valence-corrected chi connectivity index (χ2v) is 33.9. The number of rotatable bonds is 32. The summed E-state index contributed by atoms with van der Waals surface area (Å²) in [4.78, 5) is 134. The van der Waals surface area contributed by atoms with Gasteiger partial charge in [-0.1, -0.05) is 61.3 Å². The lowest BCUT2D eigenvalue weighted by molar-refractivity contribution is -0.144. The third-order valence-electron chi connectivity index (χ3n) is 21.0. The normalized spacial score (nSPS) is 13.1. The lowest BCUT2D eigenvalue weighted by atomic mass is 9.93. The van der Waals surface area contributed by atoms with Gasteiger partial charge in [-0.15, -0.1) is 0 Å². The Labute approximate surface area is 771 Å². The van der Waals surface area contributed by atoms with Gasteiger partial charge in [0.1, 0.15) is 33.8 Å². The Kier molecular flexibility index (Phi) is 39.6. The number of esters is 2. The number of nitrogens with zero attached hydrogens (tertiary/aromatic N) is 17. The van der Waals surface area contributed by atoms with Crippen molar-refractivity contribution in [2.75, 3.05) is 97.0 Å². The molecule has 0 saturated carbocycles. The molecule has 35 nitrogen and oxygen atoms in total. The minimum atomic E-state index is -1.00. The zero-order valence-electron chi connectivity index (χ0n) is 78.6. The third-order valence-corrected chi connectivity index (χ3v) is 21.7. The average Bonchev–Trinajstić information content (AvgIpc) is 1.33. The lowest BCUT2D eigenvalue weighted by Crippen LogP contribution is -2.40. The van der Waals surface area contributed by atoms with E-state index in [1.807, 2.05) is 131 Å². The van der Waals surface area contributed by atoms with Crippen LogP contribution in [0, 0.1) is 0 Å². The van der Waals surface area contributed by atoms with E-state index in [2.05, 4.69) is 53.5 Å². The molecule has 0 bridgehead atoms. The fourth-order valence-electron chi connectivity index (χ4n) is 14.6. The van der Waals surface area contributed by atoms with E-state index in [0.717, 1.165) is 108 Å². The number of carboxylic acid groups (broad SMARTS) is 2. The monoisotopic (exact) mass is 1830 g/mol. The Morgan fingerprint density at radius 2 is 0.931 bits per heavy atom. The minimum Gasteiger partial charge on any atom is -0.481 e. The number of carboxylic acids is 2. The first-order chi connectivity index (χ1) is 62.5. The number of aromatic nitrogens is 12. The molecule has 706 valence electrons. The molecule has 3 aliphatic rings. The van der Waals surface area contributed by atoms with Gasteiger partial charge in [-0.2, -0.15) is 15.3 Å². The summed E-state index contributed by atoms with van der Waals surface area (Å²) in [6.07, 6.45) is 23.0. The maximum absolute atomic E-state index is 13.7. The molecule has 131 heavy (non-hydrogen) atoms. The largest absolute Gasteiger partial charge is 0.481 e. The Morgan fingerprint density at radius 1 is 0.511 bits per heavy atom. The van der Waals surface area contributed by atoms with Crippen LogP contribution >= 0.6 is 11.6 Å². The molecule has 0 aromatic carbocycles. The second-order valence-electron chi connectivity index (χ2n) is 33.6. The first kappa shape index (κ1) is 103. The van der Waals surface area contributed by atoms with E-state index in [1.54, 1.807) is 98.0 Å². The summed E-state index contributed by atoms with van der Waals surface area (Å²) in [6.45, 7) is 27.1. The van der Waals surface area contributed by atoms with Crippen LogP contribution in [0.5, 0.6) is 17.6 Å². The topological polar surface area (TPSA) is 401 Å². The molecule has 12 rings (SSSR count). The highest BCUT2D eigenvalue weighted by atomic mass is 35.5. The van der Waals surface area contributed by atoms with Crippen molar-refractivity contribution < 1.29 is 81.7 Å². The van der Waals surface area contributed by atoms with Gasteiger partial charge in [-0.25, -0.2) is 44.3 Å². The molecule has 3 unspecified atom stereocenters. The summed E-state index contributed by atoms with van der Waals surface area (Å²) in [7, 11) is 9.88. The third kappa shape index (κ3) is 31.6. The molecule has 3 atom stereocenters. The molecule has 3 N–H and O–H groups in total. The van der Waals surface area contributed by atoms with E-state index < -0.39 is 47.3 Å². The van der Waals surface area contributed by atoms with Gasteiger partial charge in [0.15, 0.2) is 0 Å². The number of hydrogen-bond acceptors (Lipinski definition) is 26. The van der Waals surface area contributed by atoms with Gasteiger partial charge in [-0.3, -0.25) is 47.8 Å². The molecule has 0 spiro atoms. The highest BCUT2D eigenvalue weighted by molar-refractivity contribution is 6.29. The van der Waals surface area contributed by atoms with Crippen molar-refractivity contribution in [2.24, 2.45) is 0 Å². The molecule has 9 aromatic heterocycles. The molecule has 0 fully saturated rings. The number of halogens is 1. The van der Waals surface area contributed by atoms with Crippen molar-refractivity contribution in [1.29, 1.82) is 0 Å². The Balaban J connectivity index is 0.000000218. The van der Waals surface area contributed by atoms with Crippen molar-refractivity contribution >= 4 is 76.9 Å². The summed E-state index contributed by atoms with van der Waals surface area (Å²) in [6, 6.07) is 21.5. The second kappa shape index (κ2) is 50.2. The maximum Gasteiger partial charge on any atom is 0.416 e. The number of ether oxygens (including phenoxy) is 7. The number of fused-ring (bicyclic) bond motifs is 3. The first-order valence-electron chi connectivity index (χ1n) is 44.1. The van der Waals surface area contributed by atoms with Crippen LogP contribution in [0.1, 0.15) is 234 Å². The summed E-state index contributed by atoms with van der Waals surface area (Å²) < 4.78 is 41.3. The van der Waals surface area contributed by atoms with Gasteiger partial charge in [0.2, 0.25) is 17.6 Å². The number of hydrogen-bond donors (Lipinski definition) is 3. The Bertz CT molecular complexity index is 5270. The summed E-state index contributed by atoms with van der Waals surface area (Å²) in [5.41, 5.74) is 9.21. The molecule has 3 aliphatic heterocycles. The number of nitrogens with one attached hydrogen (secondary N) is 1. The van der Waals surface area contributed by atoms with Gasteiger partial charge in [0.25, 0.3) is 11.8 Å². The van der Waals surface area contributed by atoms with Crippen LogP contribution in [0.3, 0.4) is 0 Å². The van der Waals surface area contributed by atoms with Crippen molar-refractivity contribution in [3.63, 3.8) is 0 Å². The highest BCUT2D eigenvalue weighted by Crippen LogP contribution is 2.34. The smallest absolute Gasteiger partial charge is 0.416 e. The van der Waals surface area contributed by atoms with E-state index in [4.69, 9.17) is 59.8 Å². The molecule has 4 amide bonds. The molecule has 12 heterocycles. The number of aliphatic carboxylic acids is 1. The van der Waals surface area contributed by atoms with Gasteiger partial charge in [-0.05, 0) is 184 Å². The zero-order chi connectivity index (χ0) is 95.7. The number of aryl methyl sites for hydroxylation is 9. The van der Waals surface area contributed by atoms with Crippen molar-refractivity contribution in [3.8, 4) is 17.6 Å². The Morgan fingerprint density at radius 3 is 1.30 bits per heavy atom. The number of carbonyl (C=O) groups is 8. The van der Waals surface area contributed by atoms with Gasteiger partial charge < -0.3 is 63.4 Å². The average molecular weight is 1830 g/mol. The molecule has 36 heteroatoms. The quantitative estimate of drug-likeness (QED) is 0.0200. The molecular weight excluding hydrogens is 1700 g/mol. The van der Waals surface area contributed by atoms with Crippen LogP contribution in [0.25, 0.3) is 0 Å². The van der Waals surface area contributed by atoms with Gasteiger partial charge in [0.05, 0.1) is 102 Å². The molecule has 0 radical (unpaired) electrons. The Hall–Kier alpha value is -13.1. The molecule has 0 saturated heterocycles. The molecule has 9 aromatic rings. The zero-order valence-corrected chi connectivity index (χ0v) is 79.4. The molecule has 0 aliphatic carbocycles. The standard InChI is InChI=1S/C32H42N6O6.C25H30N6O4.C19H24N4O4.C13H19NO3.C6H12ClN/c1-7-37(26(18-28(39)43-8-2)23-12-14-27(42-6)33-19-23)30(40)24-20-34-36(21-24)17-15-25-13-11-22-10-9-16-38(29(22)35-25)31(41)44-32(3,4)5;1-3-31(21(13-23(32)33)18-7-9-22(35-2)27-14-18)25(34)19-15-28-30(16-19)12-10-20-8-6-17-5-4-11-26-24(17)29-20;1-19(2,3)27-18(26)23-9-4-5-13-6-7-15(21-16(13)23)8-10-22-12-14(11-20-22)17(24)25;1-4-5-10(8-13(15)17-3)11-6-7-12(16-2)14-9-11;1-5(2)6(7)8(3)4/h11-14,19-21,26H,7-10,15-18H2,1-6H3;6-9,14-16,21H,3-5,10-13H2,1-2H3,(H,26,29)(H,32,33);6-7,11-12H,4-5,8-10H2,1-3H3,(H,24,25);6-7,9-10H,4-5,8H2,1-3H3;1-4H3. The van der Waals surface area contributed by atoms with Gasteiger partial charge >= 0.3 is 36.1 Å². The first-order valence-corrected chi connectivity index (χ1v) is 44.5. The minimum absolute atomic E-state index is 0.0140. The van der Waals surface area contributed by atoms with E-state index >= 15 is 0 Å². The van der Waals surface area contributed by atoms with E-state index in [0.29, 0.717) is 123 Å². The predicted molar refractivity (Wildman–Crippen MR) is 495 cm³/mol. The fraction of sp³-hybridized carbons (Fsp3) is 0.484. The number of anilines is 3. The van der Waals surface area contributed by atoms with Crippen molar-refractivity contribution in [3.05, 3.63) is 206 Å². The number of allylic oxidation sites excluding steroid dienone is 1. The van der Waals surface area contributed by atoms with Crippen LogP contribution in [0.4, 0.5) is 27.0 Å². The van der Waals surface area contributed by atoms with Crippen LogP contribution in [0.2, 0.25) is 0 Å². The maximum atomic E-state index is 13.7. The number of pyridine rings is 6. The van der Waals surface area contributed by atoms with E-state index in [1.165, 1.54) is 56.6 Å². The summed E-state index contributed by atoms with van der Waals surface area (Å²) >= 11 is 5.76.